The molecule has 0 spiro atoms. The van der Waals surface area contributed by atoms with Crippen molar-refractivity contribution in [3.05, 3.63) is 0 Å². The van der Waals surface area contributed by atoms with Crippen LogP contribution < -0.4 is 0 Å². The van der Waals surface area contributed by atoms with E-state index >= 15 is 0 Å². The summed E-state index contributed by atoms with van der Waals surface area (Å²) in [4.78, 5) is 14.3. The van der Waals surface area contributed by atoms with Crippen molar-refractivity contribution in [1.29, 1.82) is 0 Å². The van der Waals surface area contributed by atoms with Gasteiger partial charge in [-0.1, -0.05) is 0 Å². The van der Waals surface area contributed by atoms with Crippen LogP contribution in [0.5, 0.6) is 0 Å². The molecule has 0 saturated heterocycles. The summed E-state index contributed by atoms with van der Waals surface area (Å²) in [6.45, 7) is 0. The van der Waals surface area contributed by atoms with E-state index in [1.54, 1.807) is 0 Å². The molecule has 0 saturated carbocycles. The van der Waals surface area contributed by atoms with Gasteiger partial charge >= 0.3 is 27.1 Å². The Labute approximate surface area is 58.7 Å². The molecule has 0 radical (unpaired) electrons. The van der Waals surface area contributed by atoms with E-state index in [0.29, 0.717) is 0 Å². The van der Waals surface area contributed by atoms with Gasteiger partial charge in [0.05, 0.1) is 0 Å². The van der Waals surface area contributed by atoms with Gasteiger partial charge in [0.15, 0.2) is 0 Å². The van der Waals surface area contributed by atoms with Crippen LogP contribution >= 0.6 is 8.25 Å². The zero-order valence-electron chi connectivity index (χ0n) is 2.16. The van der Waals surface area contributed by atoms with E-state index in [0.717, 1.165) is 0 Å². The molecule has 2 N–H and O–H groups in total. The van der Waals surface area contributed by atoms with Crippen molar-refractivity contribution in [2.45, 2.75) is 0 Å². The van der Waals surface area contributed by atoms with Gasteiger partial charge in [0, 0.05) is 17.1 Å². The molecular weight excluding hydrogens is 142 g/mol. The summed E-state index contributed by atoms with van der Waals surface area (Å²) in [5, 5.41) is 0. The van der Waals surface area contributed by atoms with Gasteiger partial charge < -0.3 is 9.79 Å². The third kappa shape index (κ3) is 59.7. The molecule has 0 aromatic carbocycles. The molecule has 6 heteroatoms. The maximum atomic E-state index is 8.74. The van der Waals surface area contributed by atoms with Crippen LogP contribution in [-0.4, -0.2) is 28.6 Å². The second-order valence-electron chi connectivity index (χ2n) is 0.283. The van der Waals surface area contributed by atoms with Gasteiger partial charge in [-0.25, -0.2) is 0 Å². The van der Waals surface area contributed by atoms with E-state index in [4.69, 9.17) is 14.4 Å². The average molecular weight is 146 g/mol. The average Bonchev–Trinajstić information content (AvgIpc) is 0.811. The molecule has 0 heterocycles. The number of hydrogen-bond acceptors (Lipinski definition) is 1. The van der Waals surface area contributed by atoms with Crippen molar-refractivity contribution in [2.75, 3.05) is 0 Å². The summed E-state index contributed by atoms with van der Waals surface area (Å²) < 4.78 is 8.74. The van der Waals surface area contributed by atoms with Crippen LogP contribution in [-0.2, 0) is 21.6 Å². The summed E-state index contributed by atoms with van der Waals surface area (Å²) in [5.74, 6) is 0. The topological polar surface area (TPSA) is 57.5 Å². The maximum absolute atomic E-state index is 8.74. The Morgan fingerprint density at radius 2 is 1.33 bits per heavy atom. The molecule has 0 aromatic rings. The van der Waals surface area contributed by atoms with Gasteiger partial charge in [0.2, 0.25) is 0 Å². The molecule has 0 aliphatic carbocycles. The molecule has 0 fully saturated rings. The van der Waals surface area contributed by atoms with E-state index < -0.39 is 8.25 Å². The van der Waals surface area contributed by atoms with E-state index in [1.165, 1.54) is 0 Å². The fraction of sp³-hybridized carbons (Fsp3) is 0. The third-order valence-corrected chi connectivity index (χ3v) is 0. The molecule has 0 unspecified atom stereocenters. The minimum atomic E-state index is -3.13. The second-order valence-corrected chi connectivity index (χ2v) is 0.848. The van der Waals surface area contributed by atoms with Gasteiger partial charge in [-0.15, -0.1) is 0 Å². The zero-order valence-corrected chi connectivity index (χ0v) is 4.26. The van der Waals surface area contributed by atoms with E-state index in [1.807, 2.05) is 0 Å². The fourth-order valence-corrected chi connectivity index (χ4v) is 0. The first-order valence-corrected chi connectivity index (χ1v) is 1.95. The molecular formula is H4FeLiO3P. The molecule has 3 nitrogen and oxygen atoms in total. The third-order valence-electron chi connectivity index (χ3n) is 0. The Kier molecular flexibility index (Phi) is 24.9. The fourth-order valence-electron chi connectivity index (χ4n) is 0. The van der Waals surface area contributed by atoms with E-state index in [9.17, 15) is 0 Å². The van der Waals surface area contributed by atoms with Crippen LogP contribution in [0.15, 0.2) is 0 Å². The first-order valence-electron chi connectivity index (χ1n) is 0.651. The number of hydrogen-bond donors (Lipinski definition) is 2. The summed E-state index contributed by atoms with van der Waals surface area (Å²) in [6.07, 6.45) is 0. The summed E-state index contributed by atoms with van der Waals surface area (Å²) in [5.41, 5.74) is 0. The van der Waals surface area contributed by atoms with Crippen molar-refractivity contribution in [3.8, 4) is 0 Å². The molecule has 0 rings (SSSR count). The summed E-state index contributed by atoms with van der Waals surface area (Å²) in [6, 6.07) is 0. The quantitative estimate of drug-likeness (QED) is 0.330. The molecule has 36 valence electrons. The van der Waals surface area contributed by atoms with Crippen molar-refractivity contribution < 1.29 is 31.4 Å². The first kappa shape index (κ1) is 15.7. The predicted molar refractivity (Wildman–Crippen MR) is 20.6 cm³/mol. The molecule has 0 aromatic heterocycles. The minimum absolute atomic E-state index is 0. The van der Waals surface area contributed by atoms with Gasteiger partial charge in [-0.3, -0.25) is 4.57 Å². The Balaban J connectivity index is -0.0000000450. The van der Waals surface area contributed by atoms with E-state index in [2.05, 4.69) is 0 Å². The Bertz CT molecular complexity index is 33.8. The summed E-state index contributed by atoms with van der Waals surface area (Å²) >= 11 is 0. The van der Waals surface area contributed by atoms with Crippen LogP contribution in [0.1, 0.15) is 0 Å². The number of rotatable bonds is 0. The molecule has 0 aliphatic heterocycles. The van der Waals surface area contributed by atoms with Crippen LogP contribution in [0.25, 0.3) is 0 Å². The van der Waals surface area contributed by atoms with Crippen molar-refractivity contribution in [1.82, 2.24) is 0 Å². The Hall–Kier alpha value is 1.27. The SMILES string of the molecule is O=[PH](O)O.[Fe].[LiH]. The van der Waals surface area contributed by atoms with Gasteiger partial charge in [-0.05, 0) is 0 Å². The molecule has 0 atom stereocenters. The van der Waals surface area contributed by atoms with Crippen LogP contribution in [0, 0.1) is 0 Å². The second kappa shape index (κ2) is 9.55. The van der Waals surface area contributed by atoms with E-state index in [-0.39, 0.29) is 35.9 Å². The van der Waals surface area contributed by atoms with Gasteiger partial charge in [0.25, 0.3) is 0 Å². The van der Waals surface area contributed by atoms with Crippen LogP contribution in [0.3, 0.4) is 0 Å². The molecule has 0 aliphatic rings. The van der Waals surface area contributed by atoms with Crippen molar-refractivity contribution in [2.24, 2.45) is 0 Å². The normalized spacial score (nSPS) is 5.83. The van der Waals surface area contributed by atoms with Gasteiger partial charge in [-0.2, -0.15) is 0 Å². The molecule has 0 bridgehead atoms. The molecule has 6 heavy (non-hydrogen) atoms. The standard InChI is InChI=1S/Fe.Li.H3O3P.H/c;;1-4(2)3;/h;;4H,(H2,1,2,3);. The van der Waals surface area contributed by atoms with Crippen LogP contribution in [0.4, 0.5) is 0 Å². The molecule has 0 amide bonds. The van der Waals surface area contributed by atoms with Crippen LogP contribution in [0.2, 0.25) is 0 Å². The summed E-state index contributed by atoms with van der Waals surface area (Å²) in [7, 11) is -3.13. The van der Waals surface area contributed by atoms with Crippen molar-refractivity contribution in [3.63, 3.8) is 0 Å². The zero-order chi connectivity index (χ0) is 3.58. The van der Waals surface area contributed by atoms with Crippen molar-refractivity contribution >= 4 is 27.1 Å². The predicted octanol–water partition coefficient (Wildman–Crippen LogP) is -1.29. The van der Waals surface area contributed by atoms with Gasteiger partial charge in [0.1, 0.15) is 0 Å². The Morgan fingerprint density at radius 1 is 1.33 bits per heavy atom. The Morgan fingerprint density at radius 3 is 1.33 bits per heavy atom. The first-order chi connectivity index (χ1) is 1.73. The monoisotopic (exact) mass is 146 g/mol.